The second-order valence-electron chi connectivity index (χ2n) is 5.41. The molecule has 1 amide bonds. The van der Waals surface area contributed by atoms with E-state index in [1.165, 1.54) is 12.4 Å². The molecule has 2 aromatic heterocycles. The van der Waals surface area contributed by atoms with Crippen LogP contribution in [0.15, 0.2) is 42.9 Å². The average Bonchev–Trinajstić information content (AvgIpc) is 2.97. The summed E-state index contributed by atoms with van der Waals surface area (Å²) >= 11 is 0. The summed E-state index contributed by atoms with van der Waals surface area (Å²) < 4.78 is 6.43. The molecular formula is C16H17N3O3. The monoisotopic (exact) mass is 299 g/mol. The lowest BCUT2D eigenvalue weighted by molar-refractivity contribution is -0.605. The van der Waals surface area contributed by atoms with Crippen molar-refractivity contribution in [3.63, 3.8) is 0 Å². The van der Waals surface area contributed by atoms with Gasteiger partial charge in [0.1, 0.15) is 11.7 Å². The first-order valence-corrected chi connectivity index (χ1v) is 7.19. The molecule has 114 valence electrons. The maximum Gasteiger partial charge on any atom is 0.260 e. The minimum atomic E-state index is -0.145. The Morgan fingerprint density at radius 1 is 1.45 bits per heavy atom. The summed E-state index contributed by atoms with van der Waals surface area (Å²) in [6, 6.07) is 6.99. The van der Waals surface area contributed by atoms with Gasteiger partial charge >= 0.3 is 0 Å². The Labute approximate surface area is 128 Å². The van der Waals surface area contributed by atoms with Gasteiger partial charge in [0.25, 0.3) is 5.91 Å². The van der Waals surface area contributed by atoms with E-state index in [4.69, 9.17) is 4.74 Å². The number of pyridine rings is 2. The summed E-state index contributed by atoms with van der Waals surface area (Å²) in [6.45, 7) is 3.08. The molecule has 1 fully saturated rings. The van der Waals surface area contributed by atoms with Crippen LogP contribution >= 0.6 is 0 Å². The number of amides is 1. The lowest BCUT2D eigenvalue weighted by Gasteiger charge is -2.16. The summed E-state index contributed by atoms with van der Waals surface area (Å²) in [5, 5.41) is 11.3. The van der Waals surface area contributed by atoms with Gasteiger partial charge in [-0.25, -0.2) is 4.98 Å². The third-order valence-electron chi connectivity index (χ3n) is 3.63. The van der Waals surface area contributed by atoms with Crippen LogP contribution in [-0.4, -0.2) is 35.0 Å². The predicted molar refractivity (Wildman–Crippen MR) is 79.3 cm³/mol. The third kappa shape index (κ3) is 3.16. The second kappa shape index (κ2) is 6.01. The number of aryl methyl sites for hydroxylation is 1. The molecule has 1 aliphatic heterocycles. The molecule has 1 atom stereocenters. The molecule has 0 N–H and O–H groups in total. The van der Waals surface area contributed by atoms with E-state index in [1.54, 1.807) is 23.2 Å². The molecule has 1 aliphatic rings. The molecule has 6 heteroatoms. The minimum Gasteiger partial charge on any atom is -0.619 e. The van der Waals surface area contributed by atoms with E-state index >= 15 is 0 Å². The minimum absolute atomic E-state index is 0.0674. The third-order valence-corrected chi connectivity index (χ3v) is 3.63. The number of hydrogen-bond acceptors (Lipinski definition) is 4. The molecule has 0 spiro atoms. The van der Waals surface area contributed by atoms with Gasteiger partial charge in [-0.1, -0.05) is 6.07 Å². The Morgan fingerprint density at radius 2 is 2.32 bits per heavy atom. The Hall–Kier alpha value is -2.63. The topological polar surface area (TPSA) is 69.4 Å². The molecular weight excluding hydrogens is 282 g/mol. The van der Waals surface area contributed by atoms with Crippen molar-refractivity contribution in [3.8, 4) is 5.88 Å². The van der Waals surface area contributed by atoms with Gasteiger partial charge in [-0.05, 0) is 18.6 Å². The Bertz CT molecular complexity index is 673. The molecule has 1 saturated heterocycles. The zero-order valence-corrected chi connectivity index (χ0v) is 12.3. The highest BCUT2D eigenvalue weighted by Gasteiger charge is 2.29. The van der Waals surface area contributed by atoms with Gasteiger partial charge in [-0.15, -0.1) is 0 Å². The maximum atomic E-state index is 12.3. The fourth-order valence-electron chi connectivity index (χ4n) is 2.47. The quantitative estimate of drug-likeness (QED) is 0.633. The molecule has 2 aromatic rings. The van der Waals surface area contributed by atoms with Gasteiger partial charge in [-0.2, -0.15) is 4.73 Å². The van der Waals surface area contributed by atoms with E-state index in [1.807, 2.05) is 19.1 Å². The van der Waals surface area contributed by atoms with Crippen molar-refractivity contribution in [1.82, 2.24) is 9.88 Å². The van der Waals surface area contributed by atoms with E-state index in [9.17, 15) is 10.0 Å². The fraction of sp³-hybridized carbons (Fsp3) is 0.312. The lowest BCUT2D eigenvalue weighted by atomic mass is 10.2. The van der Waals surface area contributed by atoms with Crippen LogP contribution in [0.2, 0.25) is 0 Å². The van der Waals surface area contributed by atoms with Gasteiger partial charge in [0.15, 0.2) is 12.4 Å². The van der Waals surface area contributed by atoms with Crippen LogP contribution in [-0.2, 0) is 0 Å². The SMILES string of the molecule is Cc1ccc(OC2CCN(C(=O)c3ccc[n+]([O-])c3)C2)nc1. The van der Waals surface area contributed by atoms with Crippen molar-refractivity contribution >= 4 is 5.91 Å². The maximum absolute atomic E-state index is 12.3. The second-order valence-corrected chi connectivity index (χ2v) is 5.41. The Morgan fingerprint density at radius 3 is 3.05 bits per heavy atom. The van der Waals surface area contributed by atoms with Crippen molar-refractivity contribution in [2.45, 2.75) is 19.4 Å². The molecule has 22 heavy (non-hydrogen) atoms. The number of carbonyl (C=O) groups excluding carboxylic acids is 1. The highest BCUT2D eigenvalue weighted by molar-refractivity contribution is 5.93. The van der Waals surface area contributed by atoms with Crippen LogP contribution in [0.4, 0.5) is 0 Å². The van der Waals surface area contributed by atoms with Crippen molar-refractivity contribution < 1.29 is 14.3 Å². The number of aromatic nitrogens is 2. The molecule has 0 radical (unpaired) electrons. The fourth-order valence-corrected chi connectivity index (χ4v) is 2.47. The molecule has 1 unspecified atom stereocenters. The zero-order chi connectivity index (χ0) is 15.5. The van der Waals surface area contributed by atoms with E-state index in [0.717, 1.165) is 12.0 Å². The summed E-state index contributed by atoms with van der Waals surface area (Å²) in [4.78, 5) is 18.3. The van der Waals surface area contributed by atoms with E-state index < -0.39 is 0 Å². The molecule has 0 aliphatic carbocycles. The molecule has 3 heterocycles. The normalized spacial score (nSPS) is 17.5. The van der Waals surface area contributed by atoms with Gasteiger partial charge in [0.05, 0.1) is 6.54 Å². The van der Waals surface area contributed by atoms with Crippen LogP contribution in [0, 0.1) is 12.1 Å². The Kier molecular flexibility index (Phi) is 3.91. The van der Waals surface area contributed by atoms with Crippen molar-refractivity contribution in [2.75, 3.05) is 13.1 Å². The highest BCUT2D eigenvalue weighted by atomic mass is 16.5. The van der Waals surface area contributed by atoms with Crippen LogP contribution in [0.1, 0.15) is 22.3 Å². The van der Waals surface area contributed by atoms with Crippen LogP contribution in [0.3, 0.4) is 0 Å². The van der Waals surface area contributed by atoms with E-state index in [-0.39, 0.29) is 12.0 Å². The molecule has 0 saturated carbocycles. The van der Waals surface area contributed by atoms with Crippen molar-refractivity contribution in [1.29, 1.82) is 0 Å². The summed E-state index contributed by atoms with van der Waals surface area (Å²) in [6.07, 6.45) is 5.09. The number of rotatable bonds is 3. The molecule has 3 rings (SSSR count). The Balaban J connectivity index is 1.62. The molecule has 0 bridgehead atoms. The van der Waals surface area contributed by atoms with Gasteiger partial charge in [0, 0.05) is 31.3 Å². The molecule has 0 aromatic carbocycles. The van der Waals surface area contributed by atoms with Crippen molar-refractivity contribution in [3.05, 3.63) is 59.2 Å². The van der Waals surface area contributed by atoms with Gasteiger partial charge in [-0.3, -0.25) is 4.79 Å². The van der Waals surface area contributed by atoms with E-state index in [0.29, 0.717) is 29.3 Å². The van der Waals surface area contributed by atoms with Gasteiger partial charge in [0.2, 0.25) is 5.88 Å². The summed E-state index contributed by atoms with van der Waals surface area (Å²) in [5.41, 5.74) is 1.47. The largest absolute Gasteiger partial charge is 0.619 e. The van der Waals surface area contributed by atoms with E-state index in [2.05, 4.69) is 4.98 Å². The predicted octanol–water partition coefficient (Wildman–Crippen LogP) is 1.32. The smallest absolute Gasteiger partial charge is 0.260 e. The number of likely N-dealkylation sites (tertiary alicyclic amines) is 1. The van der Waals surface area contributed by atoms with Crippen molar-refractivity contribution in [2.24, 2.45) is 0 Å². The zero-order valence-electron chi connectivity index (χ0n) is 12.3. The first-order valence-electron chi connectivity index (χ1n) is 7.19. The number of nitrogens with zero attached hydrogens (tertiary/aromatic N) is 3. The summed E-state index contributed by atoms with van der Waals surface area (Å²) in [7, 11) is 0. The number of hydrogen-bond donors (Lipinski definition) is 0. The first kappa shape index (κ1) is 14.3. The average molecular weight is 299 g/mol. The van der Waals surface area contributed by atoms with Crippen LogP contribution < -0.4 is 9.47 Å². The molecule has 6 nitrogen and oxygen atoms in total. The number of carbonyl (C=O) groups is 1. The number of ether oxygens (including phenoxy) is 1. The van der Waals surface area contributed by atoms with Gasteiger partial charge < -0.3 is 14.8 Å². The highest BCUT2D eigenvalue weighted by Crippen LogP contribution is 2.18. The lowest BCUT2D eigenvalue weighted by Crippen LogP contribution is -2.33. The van der Waals surface area contributed by atoms with Crippen LogP contribution in [0.25, 0.3) is 0 Å². The standard InChI is InChI=1S/C16H17N3O3/c1-12-4-5-15(17-9-12)22-14-6-8-18(11-14)16(20)13-3-2-7-19(21)10-13/h2-5,7,9-10,14H,6,8,11H2,1H3. The summed E-state index contributed by atoms with van der Waals surface area (Å²) in [5.74, 6) is 0.426. The van der Waals surface area contributed by atoms with Crippen LogP contribution in [0.5, 0.6) is 5.88 Å². The first-order chi connectivity index (χ1) is 10.6.